The molecule has 1 N–H and O–H groups in total. The molecule has 2 aromatic heterocycles. The van der Waals surface area contributed by atoms with Gasteiger partial charge in [0.1, 0.15) is 20.9 Å². The number of hydrogen-bond donors (Lipinski definition) is 1. The lowest BCUT2D eigenvalue weighted by Crippen LogP contribution is -2.14. The molecule has 0 radical (unpaired) electrons. The van der Waals surface area contributed by atoms with Gasteiger partial charge in [-0.05, 0) is 36.4 Å². The van der Waals surface area contributed by atoms with Gasteiger partial charge in [0, 0.05) is 23.5 Å². The molecular weight excluding hydrogens is 420 g/mol. The van der Waals surface area contributed by atoms with Crippen molar-refractivity contribution in [3.63, 3.8) is 0 Å². The maximum atomic E-state index is 12.7. The van der Waals surface area contributed by atoms with Crippen LogP contribution in [0.5, 0.6) is 11.5 Å². The standard InChI is InChI=1S/C21H16N4O5S/c1-29-17-10-14(16(25(27)28)11-18(17)30-2)19(26)23-13-7-5-12(6-8-13)20-24-15-4-3-9-22-21(15)31-20/h3-11H,1-2H3,(H,23,26). The molecule has 9 nitrogen and oxygen atoms in total. The molecule has 4 aromatic rings. The minimum Gasteiger partial charge on any atom is -0.493 e. The first-order valence-electron chi connectivity index (χ1n) is 9.04. The van der Waals surface area contributed by atoms with E-state index in [-0.39, 0.29) is 22.7 Å². The van der Waals surface area contributed by atoms with Gasteiger partial charge in [0.25, 0.3) is 11.6 Å². The van der Waals surface area contributed by atoms with Gasteiger partial charge < -0.3 is 14.8 Å². The number of aromatic nitrogens is 2. The van der Waals surface area contributed by atoms with Crippen LogP contribution in [0.25, 0.3) is 20.9 Å². The molecule has 0 saturated heterocycles. The van der Waals surface area contributed by atoms with Crippen LogP contribution in [0.15, 0.2) is 54.7 Å². The number of thiazole rings is 1. The number of carbonyl (C=O) groups is 1. The summed E-state index contributed by atoms with van der Waals surface area (Å²) < 4.78 is 10.2. The Morgan fingerprint density at radius 1 is 1.10 bits per heavy atom. The van der Waals surface area contributed by atoms with Crippen molar-refractivity contribution in [2.24, 2.45) is 0 Å². The lowest BCUT2D eigenvalue weighted by atomic mass is 10.1. The fourth-order valence-electron chi connectivity index (χ4n) is 2.99. The molecule has 10 heteroatoms. The summed E-state index contributed by atoms with van der Waals surface area (Å²) >= 11 is 1.47. The van der Waals surface area contributed by atoms with E-state index in [0.717, 1.165) is 27.0 Å². The van der Waals surface area contributed by atoms with Crippen molar-refractivity contribution in [2.45, 2.75) is 0 Å². The number of anilines is 1. The Bertz CT molecular complexity index is 1250. The fraction of sp³-hybridized carbons (Fsp3) is 0.0952. The average molecular weight is 436 g/mol. The second-order valence-corrected chi connectivity index (χ2v) is 7.34. The lowest BCUT2D eigenvalue weighted by molar-refractivity contribution is -0.385. The summed E-state index contributed by atoms with van der Waals surface area (Å²) in [4.78, 5) is 33.2. The molecule has 2 aromatic carbocycles. The number of pyridine rings is 1. The maximum absolute atomic E-state index is 12.7. The summed E-state index contributed by atoms with van der Waals surface area (Å²) in [5.41, 5.74) is 1.66. The van der Waals surface area contributed by atoms with Gasteiger partial charge >= 0.3 is 0 Å². The van der Waals surface area contributed by atoms with Crippen LogP contribution in [0.1, 0.15) is 10.4 Å². The molecule has 0 saturated carbocycles. The third kappa shape index (κ3) is 4.01. The van der Waals surface area contributed by atoms with Crippen molar-refractivity contribution in [3.8, 4) is 22.1 Å². The van der Waals surface area contributed by atoms with Gasteiger partial charge in [-0.15, -0.1) is 0 Å². The van der Waals surface area contributed by atoms with Crippen LogP contribution in [-0.4, -0.2) is 35.0 Å². The Balaban J connectivity index is 1.59. The largest absolute Gasteiger partial charge is 0.493 e. The highest BCUT2D eigenvalue weighted by atomic mass is 32.1. The smallest absolute Gasteiger partial charge is 0.286 e. The van der Waals surface area contributed by atoms with Crippen molar-refractivity contribution < 1.29 is 19.2 Å². The molecule has 0 aliphatic rings. The second kappa shape index (κ2) is 8.36. The number of rotatable bonds is 6. The molecule has 31 heavy (non-hydrogen) atoms. The maximum Gasteiger partial charge on any atom is 0.286 e. The third-order valence-corrected chi connectivity index (χ3v) is 5.53. The summed E-state index contributed by atoms with van der Waals surface area (Å²) in [6.07, 6.45) is 1.72. The number of ether oxygens (including phenoxy) is 2. The van der Waals surface area contributed by atoms with Gasteiger partial charge in [-0.3, -0.25) is 14.9 Å². The molecule has 0 atom stereocenters. The number of hydrogen-bond acceptors (Lipinski definition) is 8. The van der Waals surface area contributed by atoms with Gasteiger partial charge in [0.2, 0.25) is 0 Å². The van der Waals surface area contributed by atoms with Crippen LogP contribution in [0.2, 0.25) is 0 Å². The van der Waals surface area contributed by atoms with Gasteiger partial charge in [-0.2, -0.15) is 0 Å². The van der Waals surface area contributed by atoms with Crippen molar-refractivity contribution in [2.75, 3.05) is 19.5 Å². The van der Waals surface area contributed by atoms with E-state index >= 15 is 0 Å². The first-order chi connectivity index (χ1) is 15.0. The Labute approximate surface area is 180 Å². The quantitative estimate of drug-likeness (QED) is 0.348. The molecule has 0 fully saturated rings. The summed E-state index contributed by atoms with van der Waals surface area (Å²) in [6.45, 7) is 0. The number of fused-ring (bicyclic) bond motifs is 1. The minimum atomic E-state index is -0.638. The molecule has 4 rings (SSSR count). The minimum absolute atomic E-state index is 0.135. The molecule has 0 aliphatic heterocycles. The normalized spacial score (nSPS) is 10.6. The molecule has 0 bridgehead atoms. The average Bonchev–Trinajstić information content (AvgIpc) is 3.22. The van der Waals surface area contributed by atoms with Gasteiger partial charge in [-0.25, -0.2) is 9.97 Å². The Morgan fingerprint density at radius 3 is 2.45 bits per heavy atom. The number of nitrogens with one attached hydrogen (secondary N) is 1. The van der Waals surface area contributed by atoms with Gasteiger partial charge in [-0.1, -0.05) is 11.3 Å². The van der Waals surface area contributed by atoms with Crippen molar-refractivity contribution >= 4 is 39.0 Å². The SMILES string of the molecule is COc1cc(C(=O)Nc2ccc(-c3nc4cccnc4s3)cc2)c([N+](=O)[O-])cc1OC. The van der Waals surface area contributed by atoms with Crippen molar-refractivity contribution in [1.82, 2.24) is 9.97 Å². The van der Waals surface area contributed by atoms with E-state index in [1.165, 1.54) is 31.6 Å². The summed E-state index contributed by atoms with van der Waals surface area (Å²) in [5, 5.41) is 14.9. The predicted octanol–water partition coefficient (Wildman–Crippen LogP) is 4.54. The number of nitrogens with zero attached hydrogens (tertiary/aromatic N) is 3. The monoisotopic (exact) mass is 436 g/mol. The topological polar surface area (TPSA) is 116 Å². The number of amides is 1. The van der Waals surface area contributed by atoms with Crippen LogP contribution in [0.3, 0.4) is 0 Å². The Hall–Kier alpha value is -4.05. The van der Waals surface area contributed by atoms with Crippen LogP contribution in [-0.2, 0) is 0 Å². The first-order valence-corrected chi connectivity index (χ1v) is 9.85. The highest BCUT2D eigenvalue weighted by Gasteiger charge is 2.24. The predicted molar refractivity (Wildman–Crippen MR) is 117 cm³/mol. The molecule has 2 heterocycles. The number of carbonyl (C=O) groups excluding carboxylic acids is 1. The molecule has 1 amide bonds. The number of nitro benzene ring substituents is 1. The Kier molecular flexibility index (Phi) is 5.46. The van der Waals surface area contributed by atoms with Crippen molar-refractivity contribution in [1.29, 1.82) is 0 Å². The zero-order valence-corrected chi connectivity index (χ0v) is 17.3. The molecule has 0 aliphatic carbocycles. The fourth-order valence-corrected chi connectivity index (χ4v) is 3.90. The van der Waals surface area contributed by atoms with Crippen LogP contribution in [0, 0.1) is 10.1 Å². The molecule has 156 valence electrons. The van der Waals surface area contributed by atoms with E-state index in [1.54, 1.807) is 18.3 Å². The zero-order chi connectivity index (χ0) is 22.0. The summed E-state index contributed by atoms with van der Waals surface area (Å²) in [5.74, 6) is -0.247. The van der Waals surface area contributed by atoms with Crippen LogP contribution in [0.4, 0.5) is 11.4 Å². The highest BCUT2D eigenvalue weighted by Crippen LogP contribution is 2.35. The first kappa shape index (κ1) is 20.2. The number of methoxy groups -OCH3 is 2. The van der Waals surface area contributed by atoms with E-state index < -0.39 is 10.8 Å². The number of benzene rings is 2. The van der Waals surface area contributed by atoms with E-state index in [2.05, 4.69) is 15.3 Å². The summed E-state index contributed by atoms with van der Waals surface area (Å²) in [6, 6.07) is 13.2. The third-order valence-electron chi connectivity index (χ3n) is 4.50. The molecular formula is C21H16N4O5S. The van der Waals surface area contributed by atoms with Crippen LogP contribution < -0.4 is 14.8 Å². The molecule has 0 unspecified atom stereocenters. The van der Waals surface area contributed by atoms with Crippen molar-refractivity contribution in [3.05, 3.63) is 70.4 Å². The van der Waals surface area contributed by atoms with E-state index in [4.69, 9.17) is 9.47 Å². The van der Waals surface area contributed by atoms with E-state index in [9.17, 15) is 14.9 Å². The summed E-state index contributed by atoms with van der Waals surface area (Å²) in [7, 11) is 2.76. The van der Waals surface area contributed by atoms with E-state index in [1.807, 2.05) is 24.3 Å². The molecule has 0 spiro atoms. The Morgan fingerprint density at radius 2 is 1.81 bits per heavy atom. The van der Waals surface area contributed by atoms with Gasteiger partial charge in [0.15, 0.2) is 11.5 Å². The second-order valence-electron chi connectivity index (χ2n) is 6.36. The number of nitro groups is 1. The van der Waals surface area contributed by atoms with E-state index in [0.29, 0.717) is 5.69 Å². The lowest BCUT2D eigenvalue weighted by Gasteiger charge is -2.11. The highest BCUT2D eigenvalue weighted by molar-refractivity contribution is 7.21. The van der Waals surface area contributed by atoms with Gasteiger partial charge in [0.05, 0.1) is 25.2 Å². The van der Waals surface area contributed by atoms with Crippen LogP contribution >= 0.6 is 11.3 Å². The zero-order valence-electron chi connectivity index (χ0n) is 16.5.